The molecule has 1 N–H and O–H groups in total. The largest absolute Gasteiger partial charge is 0.488 e. The maximum Gasteiger partial charge on any atom is 0.250 e. The molecule has 0 saturated carbocycles. The molecule has 1 heterocycles. The lowest BCUT2D eigenvalue weighted by Crippen LogP contribution is -2.20. The number of hydrazone groups is 1. The van der Waals surface area contributed by atoms with Gasteiger partial charge in [-0.25, -0.2) is 5.43 Å². The topological polar surface area (TPSA) is 81.4 Å². The minimum Gasteiger partial charge on any atom is -0.488 e. The summed E-state index contributed by atoms with van der Waals surface area (Å²) in [5.74, 6) is 1.33. The van der Waals surface area contributed by atoms with Crippen LogP contribution in [0.5, 0.6) is 5.75 Å². The Balaban J connectivity index is 1.30. The van der Waals surface area contributed by atoms with Crippen molar-refractivity contribution >= 4 is 55.7 Å². The van der Waals surface area contributed by atoms with Crippen LogP contribution in [0.4, 0.5) is 0 Å². The SMILES string of the molecule is Cn1c(SCC(=O)NN=Cc2ccccc2OCc2cccc(Br)c2)nnc1-c1ccc(Br)cc1. The Morgan fingerprint density at radius 3 is 2.66 bits per heavy atom. The Labute approximate surface area is 224 Å². The van der Waals surface area contributed by atoms with E-state index in [1.54, 1.807) is 6.21 Å². The van der Waals surface area contributed by atoms with Crippen molar-refractivity contribution in [1.29, 1.82) is 0 Å². The van der Waals surface area contributed by atoms with E-state index < -0.39 is 0 Å². The molecule has 7 nitrogen and oxygen atoms in total. The predicted molar refractivity (Wildman–Crippen MR) is 146 cm³/mol. The number of nitrogens with one attached hydrogen (secondary N) is 1. The third kappa shape index (κ3) is 7.03. The summed E-state index contributed by atoms with van der Waals surface area (Å²) in [6.45, 7) is 0.424. The Bertz CT molecular complexity index is 1340. The molecule has 0 fully saturated rings. The first-order valence-electron chi connectivity index (χ1n) is 10.6. The van der Waals surface area contributed by atoms with Crippen LogP contribution in [0.1, 0.15) is 11.1 Å². The number of rotatable bonds is 9. The molecular formula is C25H21Br2N5O2S. The molecule has 0 radical (unpaired) electrons. The fourth-order valence-electron chi connectivity index (χ4n) is 3.13. The molecule has 0 unspecified atom stereocenters. The van der Waals surface area contributed by atoms with E-state index in [0.717, 1.165) is 31.5 Å². The number of aromatic nitrogens is 3. The van der Waals surface area contributed by atoms with E-state index in [9.17, 15) is 4.79 Å². The van der Waals surface area contributed by atoms with Crippen molar-refractivity contribution in [2.75, 3.05) is 5.75 Å². The number of benzene rings is 3. The first-order valence-corrected chi connectivity index (χ1v) is 13.1. The van der Waals surface area contributed by atoms with Gasteiger partial charge in [-0.2, -0.15) is 5.10 Å². The average Bonchev–Trinajstić information content (AvgIpc) is 3.23. The van der Waals surface area contributed by atoms with Gasteiger partial charge >= 0.3 is 0 Å². The van der Waals surface area contributed by atoms with Crippen LogP contribution in [-0.2, 0) is 18.4 Å². The van der Waals surface area contributed by atoms with E-state index in [1.807, 2.05) is 84.4 Å². The summed E-state index contributed by atoms with van der Waals surface area (Å²) in [4.78, 5) is 12.3. The molecule has 0 spiro atoms. The van der Waals surface area contributed by atoms with Gasteiger partial charge in [-0.15, -0.1) is 10.2 Å². The van der Waals surface area contributed by atoms with Crippen LogP contribution >= 0.6 is 43.6 Å². The first kappa shape index (κ1) is 25.2. The van der Waals surface area contributed by atoms with Crippen molar-refractivity contribution in [3.8, 4) is 17.1 Å². The number of nitrogens with zero attached hydrogens (tertiary/aromatic N) is 4. The van der Waals surface area contributed by atoms with Gasteiger partial charge in [0.1, 0.15) is 12.4 Å². The molecular weight excluding hydrogens is 594 g/mol. The van der Waals surface area contributed by atoms with Gasteiger partial charge in [0.25, 0.3) is 5.91 Å². The van der Waals surface area contributed by atoms with Gasteiger partial charge in [0.2, 0.25) is 0 Å². The summed E-state index contributed by atoms with van der Waals surface area (Å²) in [6.07, 6.45) is 1.58. The highest BCUT2D eigenvalue weighted by Crippen LogP contribution is 2.24. The standard InChI is InChI=1S/C25H21Br2N5O2S/c1-32-24(18-9-11-20(26)12-10-18)30-31-25(32)35-16-23(33)29-28-14-19-6-2-3-8-22(19)34-15-17-5-4-7-21(27)13-17/h2-14H,15-16H2,1H3,(H,29,33). The number of ether oxygens (including phenoxy) is 1. The first-order chi connectivity index (χ1) is 17.0. The lowest BCUT2D eigenvalue weighted by molar-refractivity contribution is -0.118. The van der Waals surface area contributed by atoms with E-state index in [1.165, 1.54) is 11.8 Å². The Hall–Kier alpha value is -2.95. The molecule has 1 amide bonds. The second-order valence-corrected chi connectivity index (χ2v) is 10.2. The van der Waals surface area contributed by atoms with Crippen LogP contribution in [-0.4, -0.2) is 32.6 Å². The number of thioether (sulfide) groups is 1. The fraction of sp³-hybridized carbons (Fsp3) is 0.120. The van der Waals surface area contributed by atoms with E-state index in [2.05, 4.69) is 52.6 Å². The Morgan fingerprint density at radius 1 is 1.06 bits per heavy atom. The molecule has 4 rings (SSSR count). The van der Waals surface area contributed by atoms with Crippen molar-refractivity contribution in [3.05, 3.63) is 92.9 Å². The third-order valence-electron chi connectivity index (χ3n) is 4.86. The molecule has 10 heteroatoms. The fourth-order valence-corrected chi connectivity index (χ4v) is 4.55. The number of carbonyl (C=O) groups excluding carboxylic acids is 1. The number of carbonyl (C=O) groups is 1. The lowest BCUT2D eigenvalue weighted by Gasteiger charge is -2.09. The van der Waals surface area contributed by atoms with Gasteiger partial charge < -0.3 is 9.30 Å². The monoisotopic (exact) mass is 613 g/mol. The van der Waals surface area contributed by atoms with E-state index in [0.29, 0.717) is 17.5 Å². The lowest BCUT2D eigenvalue weighted by atomic mass is 10.2. The molecule has 3 aromatic carbocycles. The van der Waals surface area contributed by atoms with Gasteiger partial charge in [0, 0.05) is 27.1 Å². The Kier molecular flexibility index (Phi) is 8.73. The summed E-state index contributed by atoms with van der Waals surface area (Å²) < 4.78 is 9.81. The Morgan fingerprint density at radius 2 is 1.86 bits per heavy atom. The summed E-state index contributed by atoms with van der Waals surface area (Å²) in [7, 11) is 1.88. The average molecular weight is 615 g/mol. The number of hydrogen-bond acceptors (Lipinski definition) is 6. The molecule has 0 saturated heterocycles. The highest BCUT2D eigenvalue weighted by Gasteiger charge is 2.13. The molecule has 0 aliphatic heterocycles. The van der Waals surface area contributed by atoms with Crippen molar-refractivity contribution in [2.45, 2.75) is 11.8 Å². The van der Waals surface area contributed by atoms with E-state index >= 15 is 0 Å². The smallest absolute Gasteiger partial charge is 0.250 e. The molecule has 4 aromatic rings. The summed E-state index contributed by atoms with van der Waals surface area (Å²) in [5.41, 5.74) is 5.32. The van der Waals surface area contributed by atoms with Crippen LogP contribution in [0, 0.1) is 0 Å². The zero-order valence-corrected chi connectivity index (χ0v) is 22.7. The van der Waals surface area contributed by atoms with Gasteiger partial charge in [-0.05, 0) is 42.0 Å². The van der Waals surface area contributed by atoms with Crippen LogP contribution in [0.15, 0.2) is 92.0 Å². The van der Waals surface area contributed by atoms with Crippen molar-refractivity contribution in [1.82, 2.24) is 20.2 Å². The summed E-state index contributed by atoms with van der Waals surface area (Å²) in [5, 5.41) is 13.2. The second kappa shape index (κ2) is 12.1. The predicted octanol–water partition coefficient (Wildman–Crippen LogP) is 5.83. The molecule has 0 aliphatic rings. The van der Waals surface area contributed by atoms with Gasteiger partial charge in [-0.1, -0.05) is 80.0 Å². The molecule has 35 heavy (non-hydrogen) atoms. The minimum absolute atomic E-state index is 0.157. The van der Waals surface area contributed by atoms with Gasteiger partial charge in [0.05, 0.1) is 12.0 Å². The second-order valence-electron chi connectivity index (χ2n) is 7.41. The van der Waals surface area contributed by atoms with Crippen molar-refractivity contribution < 1.29 is 9.53 Å². The van der Waals surface area contributed by atoms with Crippen LogP contribution < -0.4 is 10.2 Å². The quantitative estimate of drug-likeness (QED) is 0.146. The number of para-hydroxylation sites is 1. The third-order valence-corrected chi connectivity index (χ3v) is 6.91. The van der Waals surface area contributed by atoms with Crippen LogP contribution in [0.3, 0.4) is 0 Å². The number of hydrogen-bond donors (Lipinski definition) is 1. The molecule has 178 valence electrons. The maximum atomic E-state index is 12.3. The summed E-state index contributed by atoms with van der Waals surface area (Å²) in [6, 6.07) is 23.3. The van der Waals surface area contributed by atoms with E-state index in [4.69, 9.17) is 4.74 Å². The maximum absolute atomic E-state index is 12.3. The number of amides is 1. The highest BCUT2D eigenvalue weighted by molar-refractivity contribution is 9.10. The number of halogens is 2. The zero-order valence-electron chi connectivity index (χ0n) is 18.7. The zero-order chi connectivity index (χ0) is 24.6. The normalized spacial score (nSPS) is 11.1. The highest BCUT2D eigenvalue weighted by atomic mass is 79.9. The van der Waals surface area contributed by atoms with E-state index in [-0.39, 0.29) is 11.7 Å². The molecule has 0 aliphatic carbocycles. The van der Waals surface area contributed by atoms with Crippen LogP contribution in [0.25, 0.3) is 11.4 Å². The van der Waals surface area contributed by atoms with Gasteiger partial charge in [-0.3, -0.25) is 4.79 Å². The van der Waals surface area contributed by atoms with Gasteiger partial charge in [0.15, 0.2) is 11.0 Å². The minimum atomic E-state index is -0.244. The molecule has 0 atom stereocenters. The molecule has 1 aromatic heterocycles. The van der Waals surface area contributed by atoms with Crippen molar-refractivity contribution in [2.24, 2.45) is 12.1 Å². The molecule has 0 bridgehead atoms. The van der Waals surface area contributed by atoms with Crippen LogP contribution in [0.2, 0.25) is 0 Å². The summed E-state index contributed by atoms with van der Waals surface area (Å²) >= 11 is 8.19. The van der Waals surface area contributed by atoms with Crippen molar-refractivity contribution in [3.63, 3.8) is 0 Å².